The molecule has 0 aliphatic carbocycles. The zero-order valence-electron chi connectivity index (χ0n) is 5.42. The van der Waals surface area contributed by atoms with E-state index in [4.69, 9.17) is 0 Å². The van der Waals surface area contributed by atoms with Crippen molar-refractivity contribution in [3.8, 4) is 0 Å². The molecule has 0 atom stereocenters. The van der Waals surface area contributed by atoms with Crippen LogP contribution in [0.3, 0.4) is 0 Å². The van der Waals surface area contributed by atoms with E-state index in [0.717, 1.165) is 4.90 Å². The number of amides is 3. The highest BCUT2D eigenvalue weighted by Crippen LogP contribution is 2.02. The first-order valence-electron chi connectivity index (χ1n) is 2.64. The van der Waals surface area contributed by atoms with E-state index < -0.39 is 0 Å². The van der Waals surface area contributed by atoms with Gasteiger partial charge in [0, 0.05) is 14.1 Å². The van der Waals surface area contributed by atoms with E-state index in [-0.39, 0.29) is 25.9 Å². The van der Waals surface area contributed by atoms with Crippen LogP contribution in [0.5, 0.6) is 0 Å². The Morgan fingerprint density at radius 3 is 1.90 bits per heavy atom. The van der Waals surface area contributed by atoms with Gasteiger partial charge in [0.1, 0.15) is 6.54 Å². The normalized spacial score (nSPS) is 17.8. The van der Waals surface area contributed by atoms with Gasteiger partial charge in [0.05, 0.1) is 0 Å². The van der Waals surface area contributed by atoms with Crippen molar-refractivity contribution < 1.29 is 9.59 Å². The van der Waals surface area contributed by atoms with E-state index >= 15 is 0 Å². The van der Waals surface area contributed by atoms with Crippen LogP contribution in [0.1, 0.15) is 7.43 Å². The van der Waals surface area contributed by atoms with Crippen LogP contribution in [0.15, 0.2) is 0 Å². The monoisotopic (exact) mass is 144 g/mol. The second-order valence-corrected chi connectivity index (χ2v) is 2.09. The zero-order chi connectivity index (χ0) is 7.02. The lowest BCUT2D eigenvalue weighted by atomic mass is 10.6. The third-order valence-corrected chi connectivity index (χ3v) is 1.36. The molecule has 1 rings (SSSR count). The van der Waals surface area contributed by atoms with Crippen LogP contribution < -0.4 is 0 Å². The summed E-state index contributed by atoms with van der Waals surface area (Å²) in [5.74, 6) is -0.137. The van der Waals surface area contributed by atoms with Crippen LogP contribution in [-0.2, 0) is 4.79 Å². The van der Waals surface area contributed by atoms with Gasteiger partial charge < -0.3 is 4.90 Å². The van der Waals surface area contributed by atoms with Crippen LogP contribution in [-0.4, -0.2) is 42.4 Å². The van der Waals surface area contributed by atoms with Gasteiger partial charge in [-0.3, -0.25) is 9.69 Å². The number of hydrogen-bond donors (Lipinski definition) is 0. The van der Waals surface area contributed by atoms with E-state index in [0.29, 0.717) is 0 Å². The predicted molar refractivity (Wildman–Crippen MR) is 37.5 cm³/mol. The summed E-state index contributed by atoms with van der Waals surface area (Å²) in [7, 11) is 3.08. The molecule has 0 N–H and O–H groups in total. The molecule has 0 aromatic rings. The Kier molecular flexibility index (Phi) is 2.40. The summed E-state index contributed by atoms with van der Waals surface area (Å²) < 4.78 is 0. The Morgan fingerprint density at radius 1 is 1.30 bits per heavy atom. The molecule has 1 saturated heterocycles. The van der Waals surface area contributed by atoms with Crippen molar-refractivity contribution in [3.05, 3.63) is 0 Å². The van der Waals surface area contributed by atoms with Gasteiger partial charge in [-0.25, -0.2) is 4.79 Å². The summed E-state index contributed by atoms with van der Waals surface area (Å²) >= 11 is 0. The van der Waals surface area contributed by atoms with Crippen molar-refractivity contribution in [2.24, 2.45) is 0 Å². The number of carbonyl (C=O) groups is 2. The Morgan fingerprint density at radius 2 is 1.80 bits per heavy atom. The summed E-state index contributed by atoms with van der Waals surface area (Å²) in [5, 5.41) is 0. The third-order valence-electron chi connectivity index (χ3n) is 1.36. The topological polar surface area (TPSA) is 40.6 Å². The van der Waals surface area contributed by atoms with Crippen molar-refractivity contribution in [2.45, 2.75) is 7.43 Å². The fourth-order valence-electron chi connectivity index (χ4n) is 0.739. The van der Waals surface area contributed by atoms with Crippen LogP contribution in [0.25, 0.3) is 0 Å². The molecule has 0 spiro atoms. The first kappa shape index (κ1) is 8.94. The lowest BCUT2D eigenvalue weighted by Gasteiger charge is -2.05. The minimum atomic E-state index is -0.222. The maximum atomic E-state index is 10.7. The third kappa shape index (κ3) is 1.10. The highest BCUT2D eigenvalue weighted by molar-refractivity contribution is 6.01. The van der Waals surface area contributed by atoms with Crippen molar-refractivity contribution >= 4 is 11.9 Å². The molecule has 0 aromatic heterocycles. The highest BCUT2D eigenvalue weighted by Gasteiger charge is 2.29. The quantitative estimate of drug-likeness (QED) is 0.454. The molecule has 10 heavy (non-hydrogen) atoms. The van der Waals surface area contributed by atoms with Crippen molar-refractivity contribution in [1.82, 2.24) is 9.80 Å². The van der Waals surface area contributed by atoms with E-state index in [1.807, 2.05) is 0 Å². The second kappa shape index (κ2) is 2.68. The number of nitrogens with zero attached hydrogens (tertiary/aromatic N) is 2. The van der Waals surface area contributed by atoms with Gasteiger partial charge in [0.15, 0.2) is 0 Å². The molecule has 0 unspecified atom stereocenters. The first-order chi connectivity index (χ1) is 4.13. The second-order valence-electron chi connectivity index (χ2n) is 2.09. The number of imide groups is 1. The summed E-state index contributed by atoms with van der Waals surface area (Å²) in [4.78, 5) is 23.9. The lowest BCUT2D eigenvalue weighted by molar-refractivity contribution is -0.124. The maximum absolute atomic E-state index is 10.7. The van der Waals surface area contributed by atoms with Crippen LogP contribution in [0.4, 0.5) is 4.79 Å². The molecule has 4 heteroatoms. The van der Waals surface area contributed by atoms with Gasteiger partial charge in [-0.05, 0) is 0 Å². The molecule has 58 valence electrons. The van der Waals surface area contributed by atoms with E-state index in [2.05, 4.69) is 0 Å². The van der Waals surface area contributed by atoms with Gasteiger partial charge in [0.2, 0.25) is 5.91 Å². The number of carbonyl (C=O) groups excluding carboxylic acids is 2. The molecule has 0 radical (unpaired) electrons. The smallest absolute Gasteiger partial charge is 0.318 e. The van der Waals surface area contributed by atoms with Gasteiger partial charge in [-0.1, -0.05) is 7.43 Å². The molecular weight excluding hydrogens is 132 g/mol. The molecule has 0 aromatic carbocycles. The van der Waals surface area contributed by atoms with E-state index in [1.165, 1.54) is 11.9 Å². The molecule has 1 fully saturated rings. The fraction of sp³-hybridized carbons (Fsp3) is 0.667. The average molecular weight is 144 g/mol. The molecule has 1 heterocycles. The van der Waals surface area contributed by atoms with Gasteiger partial charge in [0.25, 0.3) is 0 Å². The van der Waals surface area contributed by atoms with E-state index in [1.54, 1.807) is 7.05 Å². The van der Waals surface area contributed by atoms with Crippen LogP contribution >= 0.6 is 0 Å². The van der Waals surface area contributed by atoms with Gasteiger partial charge >= 0.3 is 6.03 Å². The van der Waals surface area contributed by atoms with Gasteiger partial charge in [-0.2, -0.15) is 0 Å². The summed E-state index contributed by atoms with van der Waals surface area (Å²) in [6.07, 6.45) is 0. The first-order valence-corrected chi connectivity index (χ1v) is 2.64. The highest BCUT2D eigenvalue weighted by atomic mass is 16.2. The lowest BCUT2D eigenvalue weighted by Crippen LogP contribution is -2.27. The SMILES string of the molecule is C.CN1CC(=O)N(C)C1=O. The minimum absolute atomic E-state index is 0. The zero-order valence-corrected chi connectivity index (χ0v) is 5.42. The molecule has 1 aliphatic heterocycles. The average Bonchev–Trinajstić information content (AvgIpc) is 1.98. The Bertz CT molecular complexity index is 167. The molecular formula is C6H12N2O2. The number of urea groups is 1. The van der Waals surface area contributed by atoms with Crippen LogP contribution in [0, 0.1) is 0 Å². The molecule has 1 aliphatic rings. The largest absolute Gasteiger partial charge is 0.326 e. The summed E-state index contributed by atoms with van der Waals surface area (Å²) in [5.41, 5.74) is 0. The van der Waals surface area contributed by atoms with Crippen molar-refractivity contribution in [2.75, 3.05) is 20.6 Å². The van der Waals surface area contributed by atoms with Crippen LogP contribution in [0.2, 0.25) is 0 Å². The molecule has 4 nitrogen and oxygen atoms in total. The Hall–Kier alpha value is -1.06. The summed E-state index contributed by atoms with van der Waals surface area (Å²) in [6, 6.07) is -0.222. The van der Waals surface area contributed by atoms with Crippen molar-refractivity contribution in [1.29, 1.82) is 0 Å². The Balaban J connectivity index is 0.000000810. The van der Waals surface area contributed by atoms with Crippen molar-refractivity contribution in [3.63, 3.8) is 0 Å². The molecule has 3 amide bonds. The Labute approximate surface area is 60.4 Å². The fourth-order valence-corrected chi connectivity index (χ4v) is 0.739. The number of likely N-dealkylation sites (N-methyl/N-ethyl adjacent to an activating group) is 2. The summed E-state index contributed by atoms with van der Waals surface area (Å²) in [6.45, 7) is 0.218. The van der Waals surface area contributed by atoms with Gasteiger partial charge in [-0.15, -0.1) is 0 Å². The molecule has 0 bridgehead atoms. The standard InChI is InChI=1S/C5H8N2O2.CH4/c1-6-3-4(8)7(2)5(6)9;/h3H2,1-2H3;1H4. The maximum Gasteiger partial charge on any atom is 0.326 e. The molecule has 0 saturated carbocycles. The predicted octanol–water partition coefficient (Wildman–Crippen LogP) is 0.146. The number of rotatable bonds is 0. The van der Waals surface area contributed by atoms with E-state index in [9.17, 15) is 9.59 Å². The number of hydrogen-bond acceptors (Lipinski definition) is 2. The minimum Gasteiger partial charge on any atom is -0.318 e.